The van der Waals surface area contributed by atoms with Crippen LogP contribution in [0.3, 0.4) is 0 Å². The standard InChI is InChI=1S/C17H16O2/c1-17(11-13-7-3-2-4-8-13)12-14-9-5-6-10-15(14)16(18)19-17/h2-10H,11-12H2,1H3. The lowest BCUT2D eigenvalue weighted by Gasteiger charge is -2.34. The number of hydrogen-bond donors (Lipinski definition) is 0. The molecule has 0 aromatic heterocycles. The molecule has 0 fully saturated rings. The van der Waals surface area contributed by atoms with Crippen LogP contribution in [-0.2, 0) is 17.6 Å². The zero-order valence-electron chi connectivity index (χ0n) is 10.9. The summed E-state index contributed by atoms with van der Waals surface area (Å²) in [6.07, 6.45) is 1.51. The Hall–Kier alpha value is -2.09. The van der Waals surface area contributed by atoms with Gasteiger partial charge in [0.2, 0.25) is 0 Å². The van der Waals surface area contributed by atoms with E-state index in [0.29, 0.717) is 5.56 Å². The van der Waals surface area contributed by atoms with E-state index in [9.17, 15) is 4.79 Å². The molecule has 0 spiro atoms. The van der Waals surface area contributed by atoms with Gasteiger partial charge in [-0.1, -0.05) is 48.5 Å². The van der Waals surface area contributed by atoms with E-state index in [0.717, 1.165) is 18.4 Å². The monoisotopic (exact) mass is 252 g/mol. The molecule has 0 saturated carbocycles. The van der Waals surface area contributed by atoms with Gasteiger partial charge in [-0.3, -0.25) is 0 Å². The summed E-state index contributed by atoms with van der Waals surface area (Å²) >= 11 is 0. The van der Waals surface area contributed by atoms with Crippen LogP contribution >= 0.6 is 0 Å². The molecule has 2 nitrogen and oxygen atoms in total. The molecule has 0 saturated heterocycles. The van der Waals surface area contributed by atoms with E-state index in [1.165, 1.54) is 5.56 Å². The Labute approximate surface area is 113 Å². The number of esters is 1. The highest BCUT2D eigenvalue weighted by Gasteiger charge is 2.36. The van der Waals surface area contributed by atoms with Gasteiger partial charge in [-0.2, -0.15) is 0 Å². The molecule has 0 bridgehead atoms. The molecule has 0 amide bonds. The van der Waals surface area contributed by atoms with Crippen LogP contribution in [0.15, 0.2) is 54.6 Å². The summed E-state index contributed by atoms with van der Waals surface area (Å²) in [4.78, 5) is 12.1. The number of rotatable bonds is 2. The molecule has 1 aliphatic rings. The van der Waals surface area contributed by atoms with E-state index in [1.807, 2.05) is 49.4 Å². The van der Waals surface area contributed by atoms with Crippen molar-refractivity contribution >= 4 is 5.97 Å². The van der Waals surface area contributed by atoms with Crippen LogP contribution in [0, 0.1) is 0 Å². The van der Waals surface area contributed by atoms with Crippen molar-refractivity contribution in [2.24, 2.45) is 0 Å². The predicted octanol–water partition coefficient (Wildman–Crippen LogP) is 3.40. The number of fused-ring (bicyclic) bond motifs is 1. The third-order valence-electron chi connectivity index (χ3n) is 3.56. The van der Waals surface area contributed by atoms with Gasteiger partial charge in [-0.05, 0) is 24.1 Å². The topological polar surface area (TPSA) is 26.3 Å². The van der Waals surface area contributed by atoms with Gasteiger partial charge in [-0.15, -0.1) is 0 Å². The van der Waals surface area contributed by atoms with Gasteiger partial charge < -0.3 is 4.74 Å². The van der Waals surface area contributed by atoms with Crippen LogP contribution in [0.25, 0.3) is 0 Å². The fourth-order valence-electron chi connectivity index (χ4n) is 2.72. The summed E-state index contributed by atoms with van der Waals surface area (Å²) in [5, 5.41) is 0. The fraction of sp³-hybridized carbons (Fsp3) is 0.235. The van der Waals surface area contributed by atoms with Gasteiger partial charge >= 0.3 is 5.97 Å². The van der Waals surface area contributed by atoms with Gasteiger partial charge in [0.15, 0.2) is 0 Å². The van der Waals surface area contributed by atoms with E-state index >= 15 is 0 Å². The average Bonchev–Trinajstić information content (AvgIpc) is 2.39. The fourth-order valence-corrected chi connectivity index (χ4v) is 2.72. The summed E-state index contributed by atoms with van der Waals surface area (Å²) in [5.74, 6) is -0.208. The van der Waals surface area contributed by atoms with Crippen molar-refractivity contribution in [3.63, 3.8) is 0 Å². The lowest BCUT2D eigenvalue weighted by atomic mass is 9.85. The third kappa shape index (κ3) is 2.39. The normalized spacial score (nSPS) is 21.6. The molecule has 2 heteroatoms. The Morgan fingerprint density at radius 2 is 1.74 bits per heavy atom. The van der Waals surface area contributed by atoms with Crippen molar-refractivity contribution < 1.29 is 9.53 Å². The number of carbonyl (C=O) groups is 1. The lowest BCUT2D eigenvalue weighted by molar-refractivity contribution is -0.0151. The first-order valence-electron chi connectivity index (χ1n) is 6.51. The van der Waals surface area contributed by atoms with Crippen LogP contribution < -0.4 is 0 Å². The lowest BCUT2D eigenvalue weighted by Crippen LogP contribution is -2.40. The van der Waals surface area contributed by atoms with E-state index in [1.54, 1.807) is 0 Å². The molecule has 1 aliphatic heterocycles. The second-order valence-electron chi connectivity index (χ2n) is 5.34. The number of hydrogen-bond acceptors (Lipinski definition) is 2. The SMILES string of the molecule is CC1(Cc2ccccc2)Cc2ccccc2C(=O)O1. The predicted molar refractivity (Wildman–Crippen MR) is 74.1 cm³/mol. The minimum atomic E-state index is -0.452. The van der Waals surface area contributed by atoms with E-state index < -0.39 is 5.60 Å². The number of ether oxygens (including phenoxy) is 1. The van der Waals surface area contributed by atoms with Crippen molar-refractivity contribution in [2.75, 3.05) is 0 Å². The van der Waals surface area contributed by atoms with Crippen LogP contribution in [0.2, 0.25) is 0 Å². The zero-order chi connectivity index (χ0) is 13.3. The Balaban J connectivity index is 1.89. The van der Waals surface area contributed by atoms with Crippen LogP contribution in [0.1, 0.15) is 28.4 Å². The maximum atomic E-state index is 12.1. The van der Waals surface area contributed by atoms with Gasteiger partial charge in [0.25, 0.3) is 0 Å². The highest BCUT2D eigenvalue weighted by atomic mass is 16.6. The third-order valence-corrected chi connectivity index (χ3v) is 3.56. The van der Waals surface area contributed by atoms with Crippen molar-refractivity contribution in [1.82, 2.24) is 0 Å². The second kappa shape index (κ2) is 4.54. The molecule has 0 aliphatic carbocycles. The Morgan fingerprint density at radius 1 is 1.05 bits per heavy atom. The maximum Gasteiger partial charge on any atom is 0.338 e. The van der Waals surface area contributed by atoms with Crippen LogP contribution in [0.4, 0.5) is 0 Å². The maximum absolute atomic E-state index is 12.1. The van der Waals surface area contributed by atoms with Crippen molar-refractivity contribution in [3.8, 4) is 0 Å². The summed E-state index contributed by atoms with van der Waals surface area (Å²) < 4.78 is 5.67. The summed E-state index contributed by atoms with van der Waals surface area (Å²) in [5.41, 5.74) is 2.52. The second-order valence-corrected chi connectivity index (χ2v) is 5.34. The van der Waals surface area contributed by atoms with Gasteiger partial charge in [0, 0.05) is 12.8 Å². The molecular formula is C17H16O2. The number of benzene rings is 2. The highest BCUT2D eigenvalue weighted by Crippen LogP contribution is 2.30. The van der Waals surface area contributed by atoms with Gasteiger partial charge in [-0.25, -0.2) is 4.79 Å². The molecule has 19 heavy (non-hydrogen) atoms. The number of carbonyl (C=O) groups excluding carboxylic acids is 1. The molecule has 2 aromatic carbocycles. The molecule has 1 heterocycles. The van der Waals surface area contributed by atoms with E-state index in [-0.39, 0.29) is 5.97 Å². The van der Waals surface area contributed by atoms with E-state index in [2.05, 4.69) is 12.1 Å². The zero-order valence-corrected chi connectivity index (χ0v) is 10.9. The summed E-state index contributed by atoms with van der Waals surface area (Å²) in [6.45, 7) is 2.01. The number of cyclic esters (lactones) is 1. The first-order valence-corrected chi connectivity index (χ1v) is 6.51. The summed E-state index contributed by atoms with van der Waals surface area (Å²) in [6, 6.07) is 17.8. The molecule has 0 radical (unpaired) electrons. The quantitative estimate of drug-likeness (QED) is 0.766. The highest BCUT2D eigenvalue weighted by molar-refractivity contribution is 5.92. The molecule has 0 N–H and O–H groups in total. The first kappa shape index (κ1) is 12.0. The molecule has 2 aromatic rings. The largest absolute Gasteiger partial charge is 0.455 e. The molecule has 96 valence electrons. The minimum Gasteiger partial charge on any atom is -0.455 e. The Bertz CT molecular complexity index is 604. The molecule has 1 atom stereocenters. The van der Waals surface area contributed by atoms with Crippen LogP contribution in [0.5, 0.6) is 0 Å². The van der Waals surface area contributed by atoms with Crippen molar-refractivity contribution in [3.05, 3.63) is 71.3 Å². The van der Waals surface area contributed by atoms with Crippen molar-refractivity contribution in [2.45, 2.75) is 25.4 Å². The van der Waals surface area contributed by atoms with Crippen molar-refractivity contribution in [1.29, 1.82) is 0 Å². The van der Waals surface area contributed by atoms with Gasteiger partial charge in [0.05, 0.1) is 5.56 Å². The first-order chi connectivity index (χ1) is 9.16. The smallest absolute Gasteiger partial charge is 0.338 e. The Kier molecular flexibility index (Phi) is 2.86. The molecule has 3 rings (SSSR count). The average molecular weight is 252 g/mol. The van der Waals surface area contributed by atoms with Gasteiger partial charge in [0.1, 0.15) is 5.60 Å². The van der Waals surface area contributed by atoms with E-state index in [4.69, 9.17) is 4.74 Å². The summed E-state index contributed by atoms with van der Waals surface area (Å²) in [7, 11) is 0. The molecular weight excluding hydrogens is 236 g/mol. The molecule has 1 unspecified atom stereocenters. The van der Waals surface area contributed by atoms with Crippen LogP contribution in [-0.4, -0.2) is 11.6 Å². The minimum absolute atomic E-state index is 0.208. The Morgan fingerprint density at radius 3 is 2.53 bits per heavy atom.